The molecule has 2 nitrogen and oxygen atoms in total. The fraction of sp³-hybridized carbons (Fsp3) is 0.400. The molecule has 13 heavy (non-hydrogen) atoms. The first-order valence-corrected chi connectivity index (χ1v) is 6.38. The van der Waals surface area contributed by atoms with Gasteiger partial charge in [0, 0.05) is 14.2 Å². The van der Waals surface area contributed by atoms with Crippen LogP contribution in [0.25, 0.3) is 0 Å². The molecule has 1 aromatic carbocycles. The van der Waals surface area contributed by atoms with E-state index in [9.17, 15) is 0 Å². The molecule has 1 radical (unpaired) electrons. The molecule has 0 saturated heterocycles. The minimum atomic E-state index is -2.11. The van der Waals surface area contributed by atoms with E-state index >= 15 is 0 Å². The van der Waals surface area contributed by atoms with E-state index in [-0.39, 0.29) is 0 Å². The molecule has 0 unspecified atom stereocenters. The summed E-state index contributed by atoms with van der Waals surface area (Å²) in [4.78, 5) is 0. The van der Waals surface area contributed by atoms with Crippen LogP contribution < -0.4 is 5.19 Å². The summed E-state index contributed by atoms with van der Waals surface area (Å²) in [6.45, 7) is 2.09. The third-order valence-electron chi connectivity index (χ3n) is 2.28. The van der Waals surface area contributed by atoms with Gasteiger partial charge in [0.2, 0.25) is 0 Å². The zero-order valence-electron chi connectivity index (χ0n) is 8.33. The maximum Gasteiger partial charge on any atom is 0.371 e. The molecule has 1 rings (SSSR count). The minimum absolute atomic E-state index is 0.921. The van der Waals surface area contributed by atoms with E-state index in [0.29, 0.717) is 0 Å². The predicted octanol–water partition coefficient (Wildman–Crippen LogP) is 1.45. The van der Waals surface area contributed by atoms with E-state index in [2.05, 4.69) is 13.0 Å². The molecule has 0 fully saturated rings. The van der Waals surface area contributed by atoms with Crippen LogP contribution in [0.15, 0.2) is 24.3 Å². The van der Waals surface area contributed by atoms with Crippen molar-refractivity contribution in [2.24, 2.45) is 0 Å². The van der Waals surface area contributed by atoms with Crippen LogP contribution in [-0.4, -0.2) is 22.8 Å². The average Bonchev–Trinajstić information content (AvgIpc) is 2.23. The largest absolute Gasteiger partial charge is 0.394 e. The van der Waals surface area contributed by atoms with Crippen LogP contribution in [0.4, 0.5) is 0 Å². The number of rotatable bonds is 4. The molecule has 0 aromatic heterocycles. The van der Waals surface area contributed by atoms with Gasteiger partial charge >= 0.3 is 8.56 Å². The van der Waals surface area contributed by atoms with E-state index in [1.54, 1.807) is 14.2 Å². The van der Waals surface area contributed by atoms with E-state index in [1.807, 2.05) is 24.3 Å². The maximum atomic E-state index is 5.53. The van der Waals surface area contributed by atoms with Crippen molar-refractivity contribution in [3.8, 4) is 0 Å². The molecule has 0 aliphatic heterocycles. The van der Waals surface area contributed by atoms with Crippen molar-refractivity contribution in [1.29, 1.82) is 0 Å². The molecule has 0 N–H and O–H groups in total. The van der Waals surface area contributed by atoms with Gasteiger partial charge in [-0.15, -0.1) is 0 Å². The zero-order valence-corrected chi connectivity index (χ0v) is 9.33. The molecule has 3 heteroatoms. The molecular formula is C10H15O2Si. The highest BCUT2D eigenvalue weighted by Gasteiger charge is 2.35. The van der Waals surface area contributed by atoms with Gasteiger partial charge in [-0.05, 0) is 17.3 Å². The Hall–Kier alpha value is -0.643. The second-order valence-corrected chi connectivity index (χ2v) is 6.41. The predicted molar refractivity (Wildman–Crippen MR) is 55.2 cm³/mol. The van der Waals surface area contributed by atoms with Gasteiger partial charge in [-0.2, -0.15) is 0 Å². The Balaban J connectivity index is 3.01. The van der Waals surface area contributed by atoms with Crippen LogP contribution in [0.3, 0.4) is 0 Å². The fourth-order valence-corrected chi connectivity index (χ4v) is 3.75. The van der Waals surface area contributed by atoms with Gasteiger partial charge in [-0.3, -0.25) is 0 Å². The molecule has 1 aromatic rings. The number of hydrogen-bond acceptors (Lipinski definition) is 2. The topological polar surface area (TPSA) is 18.5 Å². The van der Waals surface area contributed by atoms with E-state index < -0.39 is 8.56 Å². The van der Waals surface area contributed by atoms with Gasteiger partial charge in [-0.1, -0.05) is 31.2 Å². The summed E-state index contributed by atoms with van der Waals surface area (Å²) < 4.78 is 11.1. The third kappa shape index (κ3) is 1.99. The van der Waals surface area contributed by atoms with Crippen molar-refractivity contribution in [2.75, 3.05) is 14.2 Å². The normalized spacial score (nSPS) is 11.6. The van der Waals surface area contributed by atoms with Crippen LogP contribution in [0.2, 0.25) is 6.04 Å². The summed E-state index contributed by atoms with van der Waals surface area (Å²) in [5.41, 5.74) is 0. The number of benzene rings is 1. The summed E-state index contributed by atoms with van der Waals surface area (Å²) in [5, 5.41) is 1.17. The van der Waals surface area contributed by atoms with E-state index in [1.165, 1.54) is 5.19 Å². The van der Waals surface area contributed by atoms with Crippen molar-refractivity contribution in [3.05, 3.63) is 30.3 Å². The van der Waals surface area contributed by atoms with Crippen LogP contribution in [-0.2, 0) is 8.85 Å². The smallest absolute Gasteiger partial charge is 0.371 e. The molecule has 0 spiro atoms. The Kier molecular flexibility index (Phi) is 3.66. The van der Waals surface area contributed by atoms with Crippen molar-refractivity contribution in [3.63, 3.8) is 0 Å². The molecule has 0 heterocycles. The lowest BCUT2D eigenvalue weighted by Gasteiger charge is -2.26. The van der Waals surface area contributed by atoms with Gasteiger partial charge < -0.3 is 8.85 Å². The Bertz CT molecular complexity index is 236. The Morgan fingerprint density at radius 1 is 1.23 bits per heavy atom. The SMILES string of the molecule is CC[Si](OC)(OC)c1cc[c]cc1. The van der Waals surface area contributed by atoms with Crippen LogP contribution >= 0.6 is 0 Å². The lowest BCUT2D eigenvalue weighted by atomic mass is 10.4. The maximum absolute atomic E-state index is 5.53. The molecule has 0 amide bonds. The average molecular weight is 195 g/mol. The highest BCUT2D eigenvalue weighted by molar-refractivity contribution is 6.80. The van der Waals surface area contributed by atoms with Gasteiger partial charge in [0.25, 0.3) is 0 Å². The Labute approximate surface area is 80.7 Å². The monoisotopic (exact) mass is 195 g/mol. The summed E-state index contributed by atoms with van der Waals surface area (Å²) >= 11 is 0. The Morgan fingerprint density at radius 3 is 2.15 bits per heavy atom. The molecule has 71 valence electrons. The van der Waals surface area contributed by atoms with Gasteiger partial charge in [0.1, 0.15) is 0 Å². The summed E-state index contributed by atoms with van der Waals surface area (Å²) in [6.07, 6.45) is 0. The standard InChI is InChI=1S/C10H15O2Si/c1-4-13(11-2,12-3)10-8-6-5-7-9-10/h6-9H,4H2,1-3H3. The first kappa shape index (κ1) is 10.4. The van der Waals surface area contributed by atoms with Gasteiger partial charge in [0.15, 0.2) is 0 Å². The molecule has 0 atom stereocenters. The van der Waals surface area contributed by atoms with Gasteiger partial charge in [-0.25, -0.2) is 0 Å². The minimum Gasteiger partial charge on any atom is -0.394 e. The van der Waals surface area contributed by atoms with Crippen molar-refractivity contribution >= 4 is 13.7 Å². The Morgan fingerprint density at radius 2 is 1.77 bits per heavy atom. The highest BCUT2D eigenvalue weighted by atomic mass is 28.4. The second-order valence-electron chi connectivity index (χ2n) is 2.80. The summed E-state index contributed by atoms with van der Waals surface area (Å²) in [5.74, 6) is 0. The summed E-state index contributed by atoms with van der Waals surface area (Å²) in [6, 6.07) is 11.7. The van der Waals surface area contributed by atoms with Crippen molar-refractivity contribution in [1.82, 2.24) is 0 Å². The lowest BCUT2D eigenvalue weighted by Crippen LogP contribution is -2.51. The van der Waals surface area contributed by atoms with Crippen molar-refractivity contribution in [2.45, 2.75) is 13.0 Å². The fourth-order valence-electron chi connectivity index (χ4n) is 1.45. The summed E-state index contributed by atoms with van der Waals surface area (Å²) in [7, 11) is 1.32. The van der Waals surface area contributed by atoms with Crippen LogP contribution in [0.5, 0.6) is 0 Å². The van der Waals surface area contributed by atoms with Gasteiger partial charge in [0.05, 0.1) is 0 Å². The first-order valence-electron chi connectivity index (χ1n) is 4.36. The van der Waals surface area contributed by atoms with E-state index in [4.69, 9.17) is 8.85 Å². The zero-order chi connectivity index (χ0) is 9.73. The third-order valence-corrected chi connectivity index (χ3v) is 5.75. The second kappa shape index (κ2) is 4.55. The number of hydrogen-bond donors (Lipinski definition) is 0. The molecule has 0 saturated carbocycles. The molecule has 0 bridgehead atoms. The van der Waals surface area contributed by atoms with Crippen LogP contribution in [0.1, 0.15) is 6.92 Å². The van der Waals surface area contributed by atoms with Crippen LogP contribution in [0, 0.1) is 6.07 Å². The first-order chi connectivity index (χ1) is 6.29. The lowest BCUT2D eigenvalue weighted by molar-refractivity contribution is 0.259. The van der Waals surface area contributed by atoms with E-state index in [0.717, 1.165) is 6.04 Å². The quantitative estimate of drug-likeness (QED) is 0.677. The molecular weight excluding hydrogens is 180 g/mol. The van der Waals surface area contributed by atoms with Crippen molar-refractivity contribution < 1.29 is 8.85 Å². The molecule has 0 aliphatic carbocycles. The highest BCUT2D eigenvalue weighted by Crippen LogP contribution is 2.10. The molecule has 0 aliphatic rings.